The summed E-state index contributed by atoms with van der Waals surface area (Å²) in [4.78, 5) is 11.7. The second-order valence-corrected chi connectivity index (χ2v) is 8.27. The first-order valence-corrected chi connectivity index (χ1v) is 8.68. The summed E-state index contributed by atoms with van der Waals surface area (Å²) in [6.45, 7) is 2.11. The maximum atomic E-state index is 11.7. The van der Waals surface area contributed by atoms with Crippen molar-refractivity contribution >= 4 is 5.78 Å². The molecule has 3 N–H and O–H groups in total. The number of hydrogen-bond donors (Lipinski definition) is 3. The van der Waals surface area contributed by atoms with E-state index in [0.29, 0.717) is 25.2 Å². The fourth-order valence-corrected chi connectivity index (χ4v) is 6.17. The van der Waals surface area contributed by atoms with Crippen molar-refractivity contribution in [1.29, 1.82) is 0 Å². The van der Waals surface area contributed by atoms with Crippen LogP contribution in [-0.2, 0) is 4.79 Å². The number of carbonyl (C=O) groups excluding carboxylic acids is 1. The van der Waals surface area contributed by atoms with Crippen molar-refractivity contribution in [2.75, 3.05) is 0 Å². The molecule has 3 fully saturated rings. The minimum atomic E-state index is -0.823. The molecule has 0 aliphatic heterocycles. The van der Waals surface area contributed by atoms with E-state index in [0.717, 1.165) is 31.3 Å². The maximum Gasteiger partial charge on any atom is 0.155 e. The van der Waals surface area contributed by atoms with Gasteiger partial charge in [-0.1, -0.05) is 6.92 Å². The van der Waals surface area contributed by atoms with E-state index in [9.17, 15) is 20.1 Å². The number of hydrogen-bond acceptors (Lipinski definition) is 4. The molecule has 0 aromatic rings. The van der Waals surface area contributed by atoms with Crippen molar-refractivity contribution in [3.63, 3.8) is 0 Å². The molecule has 3 saturated carbocycles. The molecule has 4 rings (SSSR count). The van der Waals surface area contributed by atoms with Gasteiger partial charge in [0.2, 0.25) is 0 Å². The van der Waals surface area contributed by atoms with Crippen molar-refractivity contribution in [1.82, 2.24) is 0 Å². The molecule has 4 heteroatoms. The van der Waals surface area contributed by atoms with Crippen LogP contribution in [0.3, 0.4) is 0 Å². The molecule has 0 spiro atoms. The fourth-order valence-electron chi connectivity index (χ4n) is 6.17. The average molecular weight is 306 g/mol. The average Bonchev–Trinajstić information content (AvgIpc) is 2.72. The Hall–Kier alpha value is -0.710. The Labute approximate surface area is 131 Å². The van der Waals surface area contributed by atoms with Gasteiger partial charge in [-0.25, -0.2) is 0 Å². The van der Waals surface area contributed by atoms with Crippen molar-refractivity contribution in [2.45, 2.75) is 69.7 Å². The summed E-state index contributed by atoms with van der Waals surface area (Å²) in [5.41, 5.74) is -0.105. The van der Waals surface area contributed by atoms with Crippen LogP contribution in [0.25, 0.3) is 0 Å². The maximum absolute atomic E-state index is 11.7. The lowest BCUT2D eigenvalue weighted by Gasteiger charge is -2.56. The summed E-state index contributed by atoms with van der Waals surface area (Å²) in [5.74, 6) is 0.946. The molecule has 0 bridgehead atoms. The van der Waals surface area contributed by atoms with Gasteiger partial charge in [-0.2, -0.15) is 0 Å². The smallest absolute Gasteiger partial charge is 0.155 e. The fraction of sp³-hybridized carbons (Fsp3) is 0.833. The highest BCUT2D eigenvalue weighted by atomic mass is 16.3. The predicted octanol–water partition coefficient (Wildman–Crippen LogP) is 1.57. The van der Waals surface area contributed by atoms with Gasteiger partial charge in [0.1, 0.15) is 0 Å². The molecule has 0 aromatic carbocycles. The van der Waals surface area contributed by atoms with Gasteiger partial charge in [0.15, 0.2) is 5.78 Å². The van der Waals surface area contributed by atoms with Crippen molar-refractivity contribution < 1.29 is 20.1 Å². The molecule has 4 aliphatic rings. The van der Waals surface area contributed by atoms with Crippen LogP contribution < -0.4 is 0 Å². The molecule has 0 aromatic heterocycles. The number of ketones is 1. The molecular weight excluding hydrogens is 280 g/mol. The Kier molecular flexibility index (Phi) is 3.14. The highest BCUT2D eigenvalue weighted by Crippen LogP contribution is 2.62. The summed E-state index contributed by atoms with van der Waals surface area (Å²) < 4.78 is 0. The van der Waals surface area contributed by atoms with Crippen molar-refractivity contribution in [3.8, 4) is 0 Å². The zero-order valence-corrected chi connectivity index (χ0v) is 13.2. The number of fused-ring (bicyclic) bond motifs is 5. The highest BCUT2D eigenvalue weighted by Gasteiger charge is 2.61. The summed E-state index contributed by atoms with van der Waals surface area (Å²) in [5, 5.41) is 31.8. The number of rotatable bonds is 0. The standard InChI is InChI=1S/C18H26O4/c1-17-6-5-13-12(14(17)9-15(20)16(17)21)3-2-10-8-11(19)4-7-18(10,13)22/h8,12-16,20-22H,2-7,9H2,1H3/t12-,13+,14+,15-,16+,17+,18-/m1/s1. The minimum Gasteiger partial charge on any atom is -0.390 e. The number of aliphatic hydroxyl groups excluding tert-OH is 2. The van der Waals surface area contributed by atoms with E-state index in [-0.39, 0.29) is 23.0 Å². The van der Waals surface area contributed by atoms with Crippen LogP contribution in [0.5, 0.6) is 0 Å². The second kappa shape index (κ2) is 4.65. The molecule has 0 saturated heterocycles. The van der Waals surface area contributed by atoms with E-state index < -0.39 is 17.8 Å². The van der Waals surface area contributed by atoms with Gasteiger partial charge >= 0.3 is 0 Å². The molecule has 4 aliphatic carbocycles. The molecular formula is C18H26O4. The normalized spacial score (nSPS) is 54.3. The van der Waals surface area contributed by atoms with E-state index in [4.69, 9.17) is 0 Å². The Balaban J connectivity index is 1.69. The SMILES string of the molecule is C[C@]12CC[C@H]3[C@@H](CCC4=CC(=O)CC[C@@]43O)[C@@H]1C[C@@H](O)[C@@H]2O. The quantitative estimate of drug-likeness (QED) is 0.635. The summed E-state index contributed by atoms with van der Waals surface area (Å²) >= 11 is 0. The van der Waals surface area contributed by atoms with Crippen LogP contribution in [0.1, 0.15) is 51.9 Å². The van der Waals surface area contributed by atoms with Gasteiger partial charge in [0.05, 0.1) is 17.8 Å². The van der Waals surface area contributed by atoms with Gasteiger partial charge in [-0.05, 0) is 73.3 Å². The lowest BCUT2D eigenvalue weighted by molar-refractivity contribution is -0.130. The van der Waals surface area contributed by atoms with Gasteiger partial charge in [0, 0.05) is 6.42 Å². The first-order chi connectivity index (χ1) is 10.4. The van der Waals surface area contributed by atoms with Gasteiger partial charge in [-0.15, -0.1) is 0 Å². The molecule has 0 radical (unpaired) electrons. The van der Waals surface area contributed by atoms with Crippen LogP contribution in [0.2, 0.25) is 0 Å². The van der Waals surface area contributed by atoms with E-state index >= 15 is 0 Å². The summed E-state index contributed by atoms with van der Waals surface area (Å²) in [6.07, 6.45) is 5.52. The van der Waals surface area contributed by atoms with Gasteiger partial charge in [0.25, 0.3) is 0 Å². The molecule has 7 atom stereocenters. The number of carbonyl (C=O) groups is 1. The van der Waals surface area contributed by atoms with Crippen LogP contribution in [-0.4, -0.2) is 38.9 Å². The molecule has 0 unspecified atom stereocenters. The third kappa shape index (κ3) is 1.78. The third-order valence-electron chi connectivity index (χ3n) is 7.41. The van der Waals surface area contributed by atoms with Crippen molar-refractivity contribution in [3.05, 3.63) is 11.6 Å². The summed E-state index contributed by atoms with van der Waals surface area (Å²) in [6, 6.07) is 0. The van der Waals surface area contributed by atoms with Crippen LogP contribution in [0.15, 0.2) is 11.6 Å². The van der Waals surface area contributed by atoms with E-state index in [1.54, 1.807) is 6.08 Å². The molecule has 4 nitrogen and oxygen atoms in total. The minimum absolute atomic E-state index is 0.144. The molecule has 0 heterocycles. The predicted molar refractivity (Wildman–Crippen MR) is 80.9 cm³/mol. The topological polar surface area (TPSA) is 77.8 Å². The van der Waals surface area contributed by atoms with E-state index in [1.807, 2.05) is 0 Å². The first kappa shape index (κ1) is 14.9. The monoisotopic (exact) mass is 306 g/mol. The van der Waals surface area contributed by atoms with Crippen molar-refractivity contribution in [2.24, 2.45) is 23.2 Å². The van der Waals surface area contributed by atoms with Crippen LogP contribution >= 0.6 is 0 Å². The Morgan fingerprint density at radius 3 is 2.68 bits per heavy atom. The zero-order valence-electron chi connectivity index (χ0n) is 13.2. The van der Waals surface area contributed by atoms with E-state index in [2.05, 4.69) is 6.92 Å². The zero-order chi connectivity index (χ0) is 15.7. The lowest BCUT2D eigenvalue weighted by Crippen LogP contribution is -2.55. The molecule has 0 amide bonds. The highest BCUT2D eigenvalue weighted by molar-refractivity contribution is 5.92. The Bertz CT molecular complexity index is 541. The van der Waals surface area contributed by atoms with Crippen LogP contribution in [0, 0.1) is 23.2 Å². The third-order valence-corrected chi connectivity index (χ3v) is 7.41. The van der Waals surface area contributed by atoms with Crippen LogP contribution in [0.4, 0.5) is 0 Å². The summed E-state index contributed by atoms with van der Waals surface area (Å²) in [7, 11) is 0. The Morgan fingerprint density at radius 1 is 1.14 bits per heavy atom. The van der Waals surface area contributed by atoms with Gasteiger partial charge < -0.3 is 15.3 Å². The largest absolute Gasteiger partial charge is 0.390 e. The van der Waals surface area contributed by atoms with E-state index in [1.165, 1.54) is 0 Å². The number of aliphatic hydroxyl groups is 3. The second-order valence-electron chi connectivity index (χ2n) is 8.27. The van der Waals surface area contributed by atoms with Gasteiger partial charge in [-0.3, -0.25) is 4.79 Å². The molecule has 22 heavy (non-hydrogen) atoms. The first-order valence-electron chi connectivity index (χ1n) is 8.68. The lowest BCUT2D eigenvalue weighted by atomic mass is 9.50. The molecule has 122 valence electrons. The Morgan fingerprint density at radius 2 is 1.91 bits per heavy atom.